The van der Waals surface area contributed by atoms with Crippen LogP contribution in [-0.4, -0.2) is 7.11 Å². The number of nitrogens with two attached hydrogens (primary N) is 1. The number of hydrogen-bond acceptors (Lipinski definition) is 2. The summed E-state index contributed by atoms with van der Waals surface area (Å²) in [5, 5.41) is 0.690. The van der Waals surface area contributed by atoms with Gasteiger partial charge in [-0.2, -0.15) is 0 Å². The van der Waals surface area contributed by atoms with Crippen LogP contribution in [0, 0.1) is 0 Å². The van der Waals surface area contributed by atoms with Crippen LogP contribution >= 0.6 is 11.6 Å². The highest BCUT2D eigenvalue weighted by molar-refractivity contribution is 6.30. The first-order chi connectivity index (χ1) is 10.2. The van der Waals surface area contributed by atoms with Gasteiger partial charge in [0.2, 0.25) is 0 Å². The SMILES string of the molecule is CCCCCCCCCCC(N)c1ccc(Cl)cc1OC. The number of ether oxygens (including phenoxy) is 1. The molecule has 0 aliphatic carbocycles. The van der Waals surface area contributed by atoms with E-state index in [1.54, 1.807) is 7.11 Å². The van der Waals surface area contributed by atoms with Crippen molar-refractivity contribution in [1.82, 2.24) is 0 Å². The van der Waals surface area contributed by atoms with Crippen LogP contribution in [0.25, 0.3) is 0 Å². The molecule has 120 valence electrons. The predicted octanol–water partition coefficient (Wildman–Crippen LogP) is 5.88. The van der Waals surface area contributed by atoms with Gasteiger partial charge in [0, 0.05) is 16.6 Å². The van der Waals surface area contributed by atoms with Crippen molar-refractivity contribution in [2.75, 3.05) is 7.11 Å². The molecule has 0 spiro atoms. The Morgan fingerprint density at radius 1 is 1.05 bits per heavy atom. The largest absolute Gasteiger partial charge is 0.496 e. The topological polar surface area (TPSA) is 35.2 Å². The van der Waals surface area contributed by atoms with Crippen LogP contribution in [0.3, 0.4) is 0 Å². The molecule has 0 fully saturated rings. The van der Waals surface area contributed by atoms with Crippen molar-refractivity contribution >= 4 is 11.6 Å². The van der Waals surface area contributed by atoms with Crippen molar-refractivity contribution in [2.45, 2.75) is 70.8 Å². The molecule has 0 saturated carbocycles. The smallest absolute Gasteiger partial charge is 0.125 e. The van der Waals surface area contributed by atoms with Crippen molar-refractivity contribution in [1.29, 1.82) is 0 Å². The third-order valence-electron chi connectivity index (χ3n) is 3.96. The van der Waals surface area contributed by atoms with E-state index in [1.807, 2.05) is 18.2 Å². The van der Waals surface area contributed by atoms with Crippen LogP contribution in [0.4, 0.5) is 0 Å². The van der Waals surface area contributed by atoms with Gasteiger partial charge in [0.05, 0.1) is 7.11 Å². The molecule has 0 aliphatic heterocycles. The van der Waals surface area contributed by atoms with Crippen LogP contribution < -0.4 is 10.5 Å². The highest BCUT2D eigenvalue weighted by Gasteiger charge is 2.11. The Bertz CT molecular complexity index is 395. The molecule has 1 rings (SSSR count). The van der Waals surface area contributed by atoms with Crippen LogP contribution in [-0.2, 0) is 0 Å². The van der Waals surface area contributed by atoms with Crippen molar-refractivity contribution in [3.8, 4) is 5.75 Å². The number of hydrogen-bond donors (Lipinski definition) is 1. The van der Waals surface area contributed by atoms with E-state index in [9.17, 15) is 0 Å². The molecule has 0 radical (unpaired) electrons. The molecule has 21 heavy (non-hydrogen) atoms. The van der Waals surface area contributed by atoms with Gasteiger partial charge in [-0.3, -0.25) is 0 Å². The third-order valence-corrected chi connectivity index (χ3v) is 4.20. The van der Waals surface area contributed by atoms with Gasteiger partial charge in [0.1, 0.15) is 5.75 Å². The van der Waals surface area contributed by atoms with Gasteiger partial charge < -0.3 is 10.5 Å². The van der Waals surface area contributed by atoms with Gasteiger partial charge in [0.25, 0.3) is 0 Å². The summed E-state index contributed by atoms with van der Waals surface area (Å²) in [5.41, 5.74) is 7.34. The van der Waals surface area contributed by atoms with Crippen molar-refractivity contribution in [3.63, 3.8) is 0 Å². The summed E-state index contributed by atoms with van der Waals surface area (Å²) in [4.78, 5) is 0. The molecule has 1 unspecified atom stereocenters. The van der Waals surface area contributed by atoms with E-state index in [0.29, 0.717) is 5.02 Å². The molecular weight excluding hydrogens is 282 g/mol. The summed E-state index contributed by atoms with van der Waals surface area (Å²) in [6, 6.07) is 5.74. The minimum absolute atomic E-state index is 0.0392. The molecule has 1 aromatic carbocycles. The fourth-order valence-electron chi connectivity index (χ4n) is 2.64. The third kappa shape index (κ3) is 7.19. The van der Waals surface area contributed by atoms with E-state index in [4.69, 9.17) is 22.1 Å². The summed E-state index contributed by atoms with van der Waals surface area (Å²) in [6.45, 7) is 2.26. The number of rotatable bonds is 11. The van der Waals surface area contributed by atoms with E-state index in [1.165, 1.54) is 51.4 Å². The van der Waals surface area contributed by atoms with E-state index in [-0.39, 0.29) is 6.04 Å². The van der Waals surface area contributed by atoms with E-state index >= 15 is 0 Å². The molecule has 2 nitrogen and oxygen atoms in total. The molecule has 2 N–H and O–H groups in total. The second-order valence-electron chi connectivity index (χ2n) is 5.76. The van der Waals surface area contributed by atoms with Gasteiger partial charge in [0.15, 0.2) is 0 Å². The highest BCUT2D eigenvalue weighted by atomic mass is 35.5. The average molecular weight is 312 g/mol. The quantitative estimate of drug-likeness (QED) is 0.518. The maximum Gasteiger partial charge on any atom is 0.125 e. The summed E-state index contributed by atoms with van der Waals surface area (Å²) < 4.78 is 5.37. The molecular formula is C18H30ClNO. The second-order valence-corrected chi connectivity index (χ2v) is 6.19. The van der Waals surface area contributed by atoms with E-state index in [2.05, 4.69) is 6.92 Å². The fourth-order valence-corrected chi connectivity index (χ4v) is 2.81. The standard InChI is InChI=1S/C18H30ClNO/c1-3-4-5-6-7-8-9-10-11-17(20)16-13-12-15(19)14-18(16)21-2/h12-14,17H,3-11,20H2,1-2H3. The Balaban J connectivity index is 2.23. The molecule has 0 bridgehead atoms. The lowest BCUT2D eigenvalue weighted by atomic mass is 9.99. The first-order valence-electron chi connectivity index (χ1n) is 8.28. The average Bonchev–Trinajstić information content (AvgIpc) is 2.49. The molecule has 0 amide bonds. The zero-order valence-corrected chi connectivity index (χ0v) is 14.3. The van der Waals surface area contributed by atoms with E-state index in [0.717, 1.165) is 17.7 Å². The predicted molar refractivity (Wildman–Crippen MR) is 92.2 cm³/mol. The molecule has 3 heteroatoms. The Kier molecular flexibility index (Phi) is 9.53. The minimum Gasteiger partial charge on any atom is -0.496 e. The zero-order chi connectivity index (χ0) is 15.5. The number of halogens is 1. The Morgan fingerprint density at radius 3 is 2.29 bits per heavy atom. The van der Waals surface area contributed by atoms with Crippen LogP contribution in [0.2, 0.25) is 5.02 Å². The summed E-state index contributed by atoms with van der Waals surface area (Å²) >= 11 is 5.98. The lowest BCUT2D eigenvalue weighted by Crippen LogP contribution is -2.11. The van der Waals surface area contributed by atoms with Crippen molar-refractivity contribution in [3.05, 3.63) is 28.8 Å². The molecule has 0 aromatic heterocycles. The number of methoxy groups -OCH3 is 1. The first kappa shape index (κ1) is 18.3. The number of benzene rings is 1. The van der Waals surface area contributed by atoms with E-state index < -0.39 is 0 Å². The van der Waals surface area contributed by atoms with Crippen LogP contribution in [0.15, 0.2) is 18.2 Å². The fraction of sp³-hybridized carbons (Fsp3) is 0.667. The van der Waals surface area contributed by atoms with Gasteiger partial charge in [-0.1, -0.05) is 76.0 Å². The van der Waals surface area contributed by atoms with Crippen LogP contribution in [0.1, 0.15) is 76.3 Å². The maximum absolute atomic E-state index is 6.28. The van der Waals surface area contributed by atoms with Crippen molar-refractivity contribution in [2.24, 2.45) is 5.73 Å². The lowest BCUT2D eigenvalue weighted by molar-refractivity contribution is 0.403. The Labute approximate surface area is 135 Å². The minimum atomic E-state index is 0.0392. The zero-order valence-electron chi connectivity index (χ0n) is 13.5. The summed E-state index contributed by atoms with van der Waals surface area (Å²) in [6.07, 6.45) is 11.6. The summed E-state index contributed by atoms with van der Waals surface area (Å²) in [5.74, 6) is 0.801. The molecule has 0 aliphatic rings. The van der Waals surface area contributed by atoms with Gasteiger partial charge >= 0.3 is 0 Å². The molecule has 0 saturated heterocycles. The first-order valence-corrected chi connectivity index (χ1v) is 8.65. The van der Waals surface area contributed by atoms with Gasteiger partial charge in [-0.25, -0.2) is 0 Å². The van der Waals surface area contributed by atoms with Gasteiger partial charge in [-0.15, -0.1) is 0 Å². The molecule has 1 aromatic rings. The number of unbranched alkanes of at least 4 members (excludes halogenated alkanes) is 7. The molecule has 1 atom stereocenters. The van der Waals surface area contributed by atoms with Crippen LogP contribution in [0.5, 0.6) is 5.75 Å². The highest BCUT2D eigenvalue weighted by Crippen LogP contribution is 2.29. The second kappa shape index (κ2) is 10.9. The molecule has 0 heterocycles. The monoisotopic (exact) mass is 311 g/mol. The van der Waals surface area contributed by atoms with Crippen molar-refractivity contribution < 1.29 is 4.74 Å². The maximum atomic E-state index is 6.28. The normalized spacial score (nSPS) is 12.4. The Morgan fingerprint density at radius 2 is 1.67 bits per heavy atom. The Hall–Kier alpha value is -0.730. The van der Waals surface area contributed by atoms with Gasteiger partial charge in [-0.05, 0) is 18.6 Å². The lowest BCUT2D eigenvalue weighted by Gasteiger charge is -2.16. The summed E-state index contributed by atoms with van der Waals surface area (Å²) in [7, 11) is 1.66.